The zero-order valence-electron chi connectivity index (χ0n) is 19.5. The second-order valence-electron chi connectivity index (χ2n) is 10.0. The first-order chi connectivity index (χ1) is 16.9. The van der Waals surface area contributed by atoms with Crippen LogP contribution >= 0.6 is 0 Å². The number of hydrogen-bond donors (Lipinski definition) is 3. The normalized spacial score (nSPS) is 23.6. The van der Waals surface area contributed by atoms with Crippen molar-refractivity contribution in [3.8, 4) is 0 Å². The maximum Gasteiger partial charge on any atom is 0.347 e. The first-order valence-electron chi connectivity index (χ1n) is 12.0. The van der Waals surface area contributed by atoms with Crippen LogP contribution in [0.3, 0.4) is 0 Å². The first kappa shape index (κ1) is 21.6. The van der Waals surface area contributed by atoms with Gasteiger partial charge < -0.3 is 15.0 Å². The maximum absolute atomic E-state index is 13.3. The fourth-order valence-corrected chi connectivity index (χ4v) is 5.76. The number of aromatic nitrogens is 5. The number of fused-ring (bicyclic) bond motifs is 5. The number of amides is 2. The average Bonchev–Trinajstić information content (AvgIpc) is 3.46. The lowest BCUT2D eigenvalue weighted by molar-refractivity contribution is -0.138. The number of carbonyl (C=O) groups excluding carboxylic acids is 2. The molecular formula is C25H27N7O3. The molecule has 0 unspecified atom stereocenters. The molecule has 0 aromatic carbocycles. The van der Waals surface area contributed by atoms with Gasteiger partial charge >= 0.3 is 5.69 Å². The van der Waals surface area contributed by atoms with E-state index < -0.39 is 5.41 Å². The van der Waals surface area contributed by atoms with E-state index in [9.17, 15) is 14.4 Å². The zero-order valence-corrected chi connectivity index (χ0v) is 19.5. The summed E-state index contributed by atoms with van der Waals surface area (Å²) < 4.78 is 3.35. The van der Waals surface area contributed by atoms with E-state index in [1.165, 1.54) is 4.40 Å². The van der Waals surface area contributed by atoms with Crippen molar-refractivity contribution in [3.05, 3.63) is 70.2 Å². The number of nitrogens with one attached hydrogen (secondary N) is 3. The molecule has 0 spiro atoms. The van der Waals surface area contributed by atoms with E-state index in [1.807, 2.05) is 35.9 Å². The monoisotopic (exact) mass is 473 g/mol. The molecule has 2 bridgehead atoms. The van der Waals surface area contributed by atoms with Gasteiger partial charge in [-0.05, 0) is 69.2 Å². The molecule has 180 valence electrons. The van der Waals surface area contributed by atoms with E-state index in [4.69, 9.17) is 0 Å². The van der Waals surface area contributed by atoms with Crippen molar-refractivity contribution >= 4 is 23.1 Å². The summed E-state index contributed by atoms with van der Waals surface area (Å²) in [5.74, 6) is -0.156. The molecule has 4 aromatic heterocycles. The van der Waals surface area contributed by atoms with Gasteiger partial charge in [0.05, 0.1) is 24.0 Å². The number of pyridine rings is 2. The molecule has 3 saturated carbocycles. The summed E-state index contributed by atoms with van der Waals surface area (Å²) in [6, 6.07) is 7.33. The van der Waals surface area contributed by atoms with Gasteiger partial charge in [-0.1, -0.05) is 6.07 Å². The fourth-order valence-electron chi connectivity index (χ4n) is 5.76. The Labute approximate surface area is 200 Å². The van der Waals surface area contributed by atoms with Crippen LogP contribution in [0.2, 0.25) is 0 Å². The Morgan fingerprint density at radius 3 is 2.63 bits per heavy atom. The van der Waals surface area contributed by atoms with Crippen LogP contribution in [0.1, 0.15) is 60.1 Å². The highest BCUT2D eigenvalue weighted by Gasteiger charge is 2.52. The third-order valence-electron chi connectivity index (χ3n) is 7.95. The van der Waals surface area contributed by atoms with Crippen LogP contribution in [-0.2, 0) is 11.3 Å². The van der Waals surface area contributed by atoms with Gasteiger partial charge in [-0.25, -0.2) is 19.3 Å². The maximum atomic E-state index is 13.3. The van der Waals surface area contributed by atoms with E-state index >= 15 is 0 Å². The van der Waals surface area contributed by atoms with Crippen LogP contribution in [0.4, 0.5) is 0 Å². The van der Waals surface area contributed by atoms with Crippen LogP contribution in [0.15, 0.2) is 47.7 Å². The highest BCUT2D eigenvalue weighted by Crippen LogP contribution is 2.52. The number of rotatable bonds is 5. The number of aryl methyl sites for hydroxylation is 1. The molecule has 35 heavy (non-hydrogen) atoms. The standard InChI is InChI=1S/C25H27N7O3/c1-16-4-5-19-26-13-17(32(19)15-16)14-27-22(34)24-6-9-25(10-7-24,11-8-24)28-21(33)18-3-2-12-31-20(18)29-30-23(31)35/h2-5,12-13,15H,6-11,14H2,1H3,(H,27,34)(H,28,33)(H,30,35). The fraction of sp³-hybridized carbons (Fsp3) is 0.400. The number of imidazole rings is 1. The molecule has 3 aliphatic carbocycles. The van der Waals surface area contributed by atoms with Crippen molar-refractivity contribution in [2.24, 2.45) is 5.41 Å². The molecule has 4 aromatic rings. The minimum Gasteiger partial charge on any atom is -0.350 e. The molecule has 0 saturated heterocycles. The summed E-state index contributed by atoms with van der Waals surface area (Å²) >= 11 is 0. The Bertz CT molecular complexity index is 1500. The van der Waals surface area contributed by atoms with Crippen molar-refractivity contribution in [1.82, 2.24) is 34.6 Å². The van der Waals surface area contributed by atoms with Crippen molar-refractivity contribution in [2.45, 2.75) is 57.5 Å². The molecule has 0 atom stereocenters. The number of carbonyl (C=O) groups is 2. The Morgan fingerprint density at radius 2 is 1.86 bits per heavy atom. The van der Waals surface area contributed by atoms with Crippen LogP contribution in [-0.4, -0.2) is 41.3 Å². The van der Waals surface area contributed by atoms with E-state index in [2.05, 4.69) is 25.8 Å². The van der Waals surface area contributed by atoms with Gasteiger partial charge in [-0.3, -0.25) is 9.59 Å². The zero-order chi connectivity index (χ0) is 24.2. The highest BCUT2D eigenvalue weighted by atomic mass is 16.2. The first-order valence-corrected chi connectivity index (χ1v) is 12.0. The summed E-state index contributed by atoms with van der Waals surface area (Å²) in [7, 11) is 0. The largest absolute Gasteiger partial charge is 0.350 e. The van der Waals surface area contributed by atoms with Crippen molar-refractivity contribution in [3.63, 3.8) is 0 Å². The van der Waals surface area contributed by atoms with Crippen LogP contribution in [0.5, 0.6) is 0 Å². The van der Waals surface area contributed by atoms with E-state index in [-0.39, 0.29) is 23.0 Å². The minimum absolute atomic E-state index is 0.0837. The van der Waals surface area contributed by atoms with Gasteiger partial charge in [0, 0.05) is 23.3 Å². The molecular weight excluding hydrogens is 446 g/mol. The summed E-state index contributed by atoms with van der Waals surface area (Å²) in [6.07, 6.45) is 9.86. The molecule has 3 fully saturated rings. The molecule has 0 radical (unpaired) electrons. The molecule has 0 aliphatic heterocycles. The molecule has 10 nitrogen and oxygen atoms in total. The lowest BCUT2D eigenvalue weighted by Gasteiger charge is -2.52. The van der Waals surface area contributed by atoms with Crippen LogP contribution in [0.25, 0.3) is 11.3 Å². The highest BCUT2D eigenvalue weighted by molar-refractivity contribution is 6.00. The Morgan fingerprint density at radius 1 is 1.09 bits per heavy atom. The minimum atomic E-state index is -0.390. The van der Waals surface area contributed by atoms with Crippen LogP contribution in [0, 0.1) is 12.3 Å². The summed E-state index contributed by atoms with van der Waals surface area (Å²) in [6.45, 7) is 2.46. The van der Waals surface area contributed by atoms with Crippen LogP contribution < -0.4 is 16.3 Å². The van der Waals surface area contributed by atoms with Gasteiger partial charge in [0.25, 0.3) is 5.91 Å². The predicted molar refractivity (Wildman–Crippen MR) is 128 cm³/mol. The Hall–Kier alpha value is -3.95. The van der Waals surface area contributed by atoms with E-state index in [0.717, 1.165) is 55.4 Å². The number of nitrogens with zero attached hydrogens (tertiary/aromatic N) is 4. The molecule has 3 aliphatic rings. The topological polar surface area (TPSA) is 126 Å². The van der Waals surface area contributed by atoms with E-state index in [1.54, 1.807) is 18.3 Å². The van der Waals surface area contributed by atoms with Crippen molar-refractivity contribution in [2.75, 3.05) is 0 Å². The molecule has 2 amide bonds. The molecule has 4 heterocycles. The second kappa shape index (κ2) is 7.79. The molecule has 10 heteroatoms. The average molecular weight is 474 g/mol. The van der Waals surface area contributed by atoms with Gasteiger partial charge in [-0.2, -0.15) is 5.10 Å². The summed E-state index contributed by atoms with van der Waals surface area (Å²) in [5, 5.41) is 12.8. The lowest BCUT2D eigenvalue weighted by atomic mass is 9.57. The van der Waals surface area contributed by atoms with Gasteiger partial charge in [0.2, 0.25) is 5.91 Å². The van der Waals surface area contributed by atoms with Gasteiger partial charge in [0.1, 0.15) is 5.65 Å². The number of H-pyrrole nitrogens is 1. The van der Waals surface area contributed by atoms with Gasteiger partial charge in [0.15, 0.2) is 5.65 Å². The third-order valence-corrected chi connectivity index (χ3v) is 7.95. The van der Waals surface area contributed by atoms with E-state index in [0.29, 0.717) is 17.8 Å². The van der Waals surface area contributed by atoms with Crippen molar-refractivity contribution < 1.29 is 9.59 Å². The lowest BCUT2D eigenvalue weighted by Crippen LogP contribution is -2.59. The Balaban J connectivity index is 1.12. The smallest absolute Gasteiger partial charge is 0.347 e. The summed E-state index contributed by atoms with van der Waals surface area (Å²) in [4.78, 5) is 42.7. The van der Waals surface area contributed by atoms with Crippen molar-refractivity contribution in [1.29, 1.82) is 0 Å². The number of hydrogen-bond acceptors (Lipinski definition) is 5. The summed E-state index contributed by atoms with van der Waals surface area (Å²) in [5.41, 5.74) is 2.53. The Kier molecular flexibility index (Phi) is 4.80. The van der Waals surface area contributed by atoms with Gasteiger partial charge in [-0.15, -0.1) is 0 Å². The molecule has 7 rings (SSSR count). The molecule has 3 N–H and O–H groups in total. The predicted octanol–water partition coefficient (Wildman–Crippen LogP) is 2.12. The number of aromatic amines is 1. The second-order valence-corrected chi connectivity index (χ2v) is 10.0. The SMILES string of the molecule is Cc1ccc2ncc(CNC(=O)C34CCC(NC(=O)c5cccn6c(=O)[nH]nc56)(CC3)CC4)n2c1. The third kappa shape index (κ3) is 3.51. The quantitative estimate of drug-likeness (QED) is 0.409.